The van der Waals surface area contributed by atoms with E-state index in [0.717, 1.165) is 46.3 Å². The van der Waals surface area contributed by atoms with Crippen LogP contribution in [-0.2, 0) is 24.8 Å². The van der Waals surface area contributed by atoms with E-state index in [0.29, 0.717) is 31.7 Å². The monoisotopic (exact) mass is 506 g/mol. The molecular weight excluding hydrogens is 476 g/mol. The zero-order chi connectivity index (χ0) is 25.8. The van der Waals surface area contributed by atoms with Crippen molar-refractivity contribution in [3.63, 3.8) is 0 Å². The molecule has 2 aliphatic carbocycles. The second kappa shape index (κ2) is 7.43. The summed E-state index contributed by atoms with van der Waals surface area (Å²) in [6, 6.07) is 19.5. The Balaban J connectivity index is 1.44. The van der Waals surface area contributed by atoms with Gasteiger partial charge in [0.15, 0.2) is 17.6 Å². The highest BCUT2D eigenvalue weighted by molar-refractivity contribution is 5.88. The lowest BCUT2D eigenvalue weighted by Gasteiger charge is -2.62. The average molecular weight is 507 g/mol. The van der Waals surface area contributed by atoms with Gasteiger partial charge in [-0.25, -0.2) is 0 Å². The van der Waals surface area contributed by atoms with Gasteiger partial charge in [-0.2, -0.15) is 0 Å². The number of aromatic nitrogens is 1. The minimum absolute atomic E-state index is 0.110. The van der Waals surface area contributed by atoms with Gasteiger partial charge in [0.1, 0.15) is 5.75 Å². The number of aromatic hydroxyl groups is 2. The highest BCUT2D eigenvalue weighted by Crippen LogP contribution is 2.69. The van der Waals surface area contributed by atoms with Crippen molar-refractivity contribution in [2.45, 2.75) is 49.0 Å². The number of rotatable bonds is 4. The molecule has 2 aliphatic heterocycles. The van der Waals surface area contributed by atoms with Crippen molar-refractivity contribution in [1.29, 1.82) is 0 Å². The van der Waals surface area contributed by atoms with Gasteiger partial charge < -0.3 is 24.6 Å². The van der Waals surface area contributed by atoms with Crippen LogP contribution in [0, 0.1) is 0 Å². The van der Waals surface area contributed by atoms with Crippen LogP contribution in [-0.4, -0.2) is 49.5 Å². The van der Waals surface area contributed by atoms with Gasteiger partial charge in [-0.15, -0.1) is 6.58 Å². The van der Waals surface area contributed by atoms with E-state index in [1.54, 1.807) is 12.1 Å². The summed E-state index contributed by atoms with van der Waals surface area (Å²) in [7, 11) is 0. The Kier molecular flexibility index (Phi) is 4.35. The van der Waals surface area contributed by atoms with Gasteiger partial charge in [0.05, 0.1) is 16.7 Å². The van der Waals surface area contributed by atoms with Gasteiger partial charge in [-0.1, -0.05) is 42.5 Å². The number of ether oxygens (including phenoxy) is 1. The number of hydrogen-bond donors (Lipinski definition) is 3. The van der Waals surface area contributed by atoms with Crippen LogP contribution in [0.4, 0.5) is 0 Å². The van der Waals surface area contributed by atoms with Crippen molar-refractivity contribution < 1.29 is 20.1 Å². The molecule has 3 N–H and O–H groups in total. The van der Waals surface area contributed by atoms with E-state index in [-0.39, 0.29) is 17.5 Å². The van der Waals surface area contributed by atoms with E-state index in [4.69, 9.17) is 4.74 Å². The molecule has 3 heterocycles. The highest BCUT2D eigenvalue weighted by Gasteiger charge is 2.73. The molecule has 2 bridgehead atoms. The number of aliphatic hydroxyl groups is 1. The summed E-state index contributed by atoms with van der Waals surface area (Å²) in [6.45, 7) is 6.16. The largest absolute Gasteiger partial charge is 0.508 e. The molecule has 38 heavy (non-hydrogen) atoms. The number of likely N-dealkylation sites (tertiary alicyclic amines) is 1. The first kappa shape index (κ1) is 22.3. The summed E-state index contributed by atoms with van der Waals surface area (Å²) in [4.78, 5) is 2.36. The zero-order valence-electron chi connectivity index (χ0n) is 21.1. The molecule has 0 radical (unpaired) electrons. The molecule has 0 saturated carbocycles. The predicted molar refractivity (Wildman–Crippen MR) is 145 cm³/mol. The molecule has 4 atom stereocenters. The molecule has 4 aliphatic rings. The Bertz CT molecular complexity index is 1640. The van der Waals surface area contributed by atoms with Crippen LogP contribution in [0.3, 0.4) is 0 Å². The molecule has 1 fully saturated rings. The Morgan fingerprint density at radius 2 is 1.92 bits per heavy atom. The SMILES string of the molecule is C=CCN1CC[C@]23c4c5ccc(O)c4O[C@H]2c2c(c4cc(O)ccc4n2Cc2ccccc2)C[C@@]3(O)[C@@H]1C5. The van der Waals surface area contributed by atoms with Gasteiger partial charge in [0, 0.05) is 48.6 Å². The van der Waals surface area contributed by atoms with Crippen LogP contribution in [0.25, 0.3) is 10.9 Å². The van der Waals surface area contributed by atoms with E-state index in [1.165, 1.54) is 5.56 Å². The first-order chi connectivity index (χ1) is 18.5. The number of benzene rings is 3. The lowest BCUT2D eigenvalue weighted by molar-refractivity contribution is -0.171. The van der Waals surface area contributed by atoms with Crippen molar-refractivity contribution in [2.75, 3.05) is 13.1 Å². The fourth-order valence-corrected chi connectivity index (χ4v) is 8.31. The Morgan fingerprint density at radius 1 is 1.08 bits per heavy atom. The maximum atomic E-state index is 13.0. The van der Waals surface area contributed by atoms with Crippen molar-refractivity contribution in [3.05, 3.63) is 101 Å². The van der Waals surface area contributed by atoms with Crippen LogP contribution in [0.2, 0.25) is 0 Å². The summed E-state index contributed by atoms with van der Waals surface area (Å²) >= 11 is 0. The summed E-state index contributed by atoms with van der Waals surface area (Å²) in [5.41, 5.74) is 4.61. The Hall–Kier alpha value is -3.74. The van der Waals surface area contributed by atoms with E-state index in [9.17, 15) is 15.3 Å². The molecule has 6 heteroatoms. The normalized spacial score (nSPS) is 28.6. The first-order valence-corrected chi connectivity index (χ1v) is 13.4. The number of nitrogens with zero attached hydrogens (tertiary/aromatic N) is 2. The quantitative estimate of drug-likeness (QED) is 0.354. The minimum Gasteiger partial charge on any atom is -0.508 e. The molecule has 0 unspecified atom stereocenters. The number of phenols is 2. The van der Waals surface area contributed by atoms with Crippen LogP contribution in [0.1, 0.15) is 40.5 Å². The molecule has 1 aromatic heterocycles. The van der Waals surface area contributed by atoms with Gasteiger partial charge in [-0.05, 0) is 53.8 Å². The molecular formula is C32H30N2O4. The fourth-order valence-electron chi connectivity index (χ4n) is 8.31. The number of phenolic OH excluding ortho intramolecular Hbond substituents is 2. The average Bonchev–Trinajstić information content (AvgIpc) is 3.40. The molecule has 1 spiro atoms. The topological polar surface area (TPSA) is 78.1 Å². The van der Waals surface area contributed by atoms with E-state index >= 15 is 0 Å². The molecule has 1 saturated heterocycles. The molecule has 0 amide bonds. The van der Waals surface area contributed by atoms with Gasteiger partial charge in [0.25, 0.3) is 0 Å². The lowest BCUT2D eigenvalue weighted by Crippen LogP contribution is -2.74. The van der Waals surface area contributed by atoms with Crippen molar-refractivity contribution in [2.24, 2.45) is 0 Å². The Labute approximate surface area is 221 Å². The van der Waals surface area contributed by atoms with Crippen LogP contribution >= 0.6 is 0 Å². The van der Waals surface area contributed by atoms with Gasteiger partial charge in [0.2, 0.25) is 0 Å². The summed E-state index contributed by atoms with van der Waals surface area (Å²) in [6.07, 6.45) is 3.33. The predicted octanol–water partition coefficient (Wildman–Crippen LogP) is 4.58. The number of hydrogen-bond acceptors (Lipinski definition) is 5. The summed E-state index contributed by atoms with van der Waals surface area (Å²) in [5, 5.41) is 35.4. The molecule has 4 aromatic rings. The van der Waals surface area contributed by atoms with E-state index < -0.39 is 17.1 Å². The van der Waals surface area contributed by atoms with Crippen LogP contribution in [0.15, 0.2) is 73.3 Å². The third-order valence-corrected chi connectivity index (χ3v) is 9.76. The van der Waals surface area contributed by atoms with E-state index in [2.05, 4.69) is 28.2 Å². The Morgan fingerprint density at radius 3 is 2.74 bits per heavy atom. The maximum absolute atomic E-state index is 13.0. The van der Waals surface area contributed by atoms with Crippen LogP contribution in [0.5, 0.6) is 17.2 Å². The minimum atomic E-state index is -1.10. The molecule has 3 aromatic carbocycles. The first-order valence-electron chi connectivity index (χ1n) is 13.4. The van der Waals surface area contributed by atoms with E-state index in [1.807, 2.05) is 42.5 Å². The standard InChI is InChI=1S/C32H30N2O4/c1-2-13-33-14-12-31-27-20-8-11-25(36)29(27)38-30(31)28-23(17-32(31,37)26(33)15-20)22-16-21(35)9-10-24(22)34(28)18-19-6-4-3-5-7-19/h2-11,16,26,30,35-37H,1,12-15,17-18H2/t26-,30-,31-,32+/m0/s1. The fraction of sp³-hybridized carbons (Fsp3) is 0.312. The smallest absolute Gasteiger partial charge is 0.166 e. The van der Waals surface area contributed by atoms with Crippen molar-refractivity contribution in [1.82, 2.24) is 9.47 Å². The van der Waals surface area contributed by atoms with Crippen molar-refractivity contribution in [3.8, 4) is 17.2 Å². The second-order valence-corrected chi connectivity index (χ2v) is 11.4. The highest BCUT2D eigenvalue weighted by atomic mass is 16.5. The van der Waals surface area contributed by atoms with Gasteiger partial charge >= 0.3 is 0 Å². The summed E-state index contributed by atoms with van der Waals surface area (Å²) < 4.78 is 9.11. The summed E-state index contributed by atoms with van der Waals surface area (Å²) in [5.74, 6) is 0.859. The molecule has 6 nitrogen and oxygen atoms in total. The van der Waals surface area contributed by atoms with Crippen molar-refractivity contribution >= 4 is 10.9 Å². The third kappa shape index (κ3) is 2.55. The second-order valence-electron chi connectivity index (χ2n) is 11.4. The molecule has 192 valence electrons. The number of piperidine rings is 1. The zero-order valence-corrected chi connectivity index (χ0v) is 21.1. The third-order valence-electron chi connectivity index (χ3n) is 9.76. The maximum Gasteiger partial charge on any atom is 0.166 e. The lowest BCUT2D eigenvalue weighted by atomic mass is 9.49. The number of fused-ring (bicyclic) bond motifs is 4. The molecule has 8 rings (SSSR count). The van der Waals surface area contributed by atoms with Gasteiger partial charge in [-0.3, -0.25) is 4.90 Å². The van der Waals surface area contributed by atoms with Crippen LogP contribution < -0.4 is 4.74 Å².